The Morgan fingerprint density at radius 1 is 1.35 bits per heavy atom. The largest absolute Gasteiger partial charge is 0.353 e. The Morgan fingerprint density at radius 3 is 2.78 bits per heavy atom. The highest BCUT2D eigenvalue weighted by Gasteiger charge is 2.24. The first-order chi connectivity index (χ1) is 11.1. The van der Waals surface area contributed by atoms with E-state index in [1.54, 1.807) is 0 Å². The van der Waals surface area contributed by atoms with E-state index in [0.717, 1.165) is 11.4 Å². The first kappa shape index (κ1) is 15.0. The zero-order valence-corrected chi connectivity index (χ0v) is 12.6. The molecule has 0 fully saturated rings. The van der Waals surface area contributed by atoms with Gasteiger partial charge in [0.2, 0.25) is 0 Å². The Balaban J connectivity index is 2.05. The third-order valence-electron chi connectivity index (χ3n) is 3.77. The van der Waals surface area contributed by atoms with Gasteiger partial charge in [0.05, 0.1) is 5.70 Å². The predicted octanol–water partition coefficient (Wildman–Crippen LogP) is 1.26. The molecule has 0 spiro atoms. The summed E-state index contributed by atoms with van der Waals surface area (Å²) in [5.41, 5.74) is 3.15. The number of nitrogen functional groups attached to an aromatic ring is 1. The number of allylic oxidation sites excluding steroid dienone is 1. The number of aromatic nitrogens is 2. The minimum atomic E-state index is -0.642. The van der Waals surface area contributed by atoms with Crippen molar-refractivity contribution in [2.24, 2.45) is 5.84 Å². The van der Waals surface area contributed by atoms with E-state index < -0.39 is 11.5 Å². The van der Waals surface area contributed by atoms with Crippen LogP contribution in [0.3, 0.4) is 0 Å². The molecule has 7 heteroatoms. The van der Waals surface area contributed by atoms with Crippen molar-refractivity contribution in [2.45, 2.75) is 19.4 Å². The lowest BCUT2D eigenvalue weighted by molar-refractivity contribution is 0.0951. The number of benzene rings is 1. The number of carbonyl (C=O) groups is 1. The minimum Gasteiger partial charge on any atom is -0.353 e. The van der Waals surface area contributed by atoms with Gasteiger partial charge in [0.1, 0.15) is 5.56 Å². The second-order valence-corrected chi connectivity index (χ2v) is 5.34. The number of hydrogen-bond donors (Lipinski definition) is 3. The van der Waals surface area contributed by atoms with Gasteiger partial charge >= 0.3 is 0 Å². The third kappa shape index (κ3) is 2.74. The highest BCUT2D eigenvalue weighted by Crippen LogP contribution is 2.26. The molecule has 0 aliphatic carbocycles. The van der Waals surface area contributed by atoms with Crippen LogP contribution in [0.4, 0.5) is 5.69 Å². The SMILES string of the molecule is CC1CC=C(Nc2ccccc2)c2ncc(C(=O)NN)c(=O)n21. The van der Waals surface area contributed by atoms with Crippen LogP contribution in [-0.2, 0) is 0 Å². The fraction of sp³-hybridized carbons (Fsp3) is 0.188. The number of nitrogens with zero attached hydrogens (tertiary/aromatic N) is 2. The van der Waals surface area contributed by atoms with Gasteiger partial charge in [-0.1, -0.05) is 24.3 Å². The van der Waals surface area contributed by atoms with Crippen molar-refractivity contribution in [3.05, 3.63) is 64.3 Å². The number of anilines is 1. The van der Waals surface area contributed by atoms with E-state index in [0.29, 0.717) is 12.2 Å². The normalized spacial score (nSPS) is 16.3. The summed E-state index contributed by atoms with van der Waals surface area (Å²) in [6, 6.07) is 9.54. The maximum Gasteiger partial charge on any atom is 0.272 e. The fourth-order valence-corrected chi connectivity index (χ4v) is 2.58. The molecule has 2 aromatic rings. The van der Waals surface area contributed by atoms with E-state index in [2.05, 4.69) is 10.3 Å². The Labute approximate surface area is 132 Å². The van der Waals surface area contributed by atoms with Crippen LogP contribution in [0.15, 0.2) is 47.4 Å². The number of carbonyl (C=O) groups excluding carboxylic acids is 1. The maximum atomic E-state index is 12.6. The number of hydrazine groups is 1. The zero-order chi connectivity index (χ0) is 16.4. The van der Waals surface area contributed by atoms with Gasteiger partial charge in [0.15, 0.2) is 5.82 Å². The van der Waals surface area contributed by atoms with Crippen molar-refractivity contribution >= 4 is 17.3 Å². The molecule has 1 atom stereocenters. The van der Waals surface area contributed by atoms with Crippen LogP contribution in [-0.4, -0.2) is 15.5 Å². The first-order valence-corrected chi connectivity index (χ1v) is 7.27. The quantitative estimate of drug-likeness (QED) is 0.450. The van der Waals surface area contributed by atoms with Crippen molar-refractivity contribution in [2.75, 3.05) is 5.32 Å². The number of para-hydroxylation sites is 1. The molecule has 0 bridgehead atoms. The van der Waals surface area contributed by atoms with E-state index >= 15 is 0 Å². The number of nitrogens with one attached hydrogen (secondary N) is 2. The molecule has 1 aromatic heterocycles. The summed E-state index contributed by atoms with van der Waals surface area (Å²) in [6.07, 6.45) is 3.93. The number of nitrogens with two attached hydrogens (primary N) is 1. The lowest BCUT2D eigenvalue weighted by Crippen LogP contribution is -2.39. The Bertz CT molecular complexity index is 826. The Hall–Kier alpha value is -2.93. The number of fused-ring (bicyclic) bond motifs is 1. The van der Waals surface area contributed by atoms with Crippen molar-refractivity contribution in [3.63, 3.8) is 0 Å². The number of amides is 1. The smallest absolute Gasteiger partial charge is 0.272 e. The molecule has 118 valence electrons. The van der Waals surface area contributed by atoms with E-state index in [1.807, 2.05) is 48.8 Å². The molecule has 1 unspecified atom stereocenters. The molecule has 3 rings (SSSR count). The second kappa shape index (κ2) is 6.05. The summed E-state index contributed by atoms with van der Waals surface area (Å²) in [5, 5.41) is 3.26. The molecule has 1 aliphatic rings. The van der Waals surface area contributed by atoms with Crippen LogP contribution in [0.1, 0.15) is 35.6 Å². The van der Waals surface area contributed by atoms with E-state index in [4.69, 9.17) is 5.84 Å². The van der Waals surface area contributed by atoms with Gasteiger partial charge < -0.3 is 5.32 Å². The molecule has 2 heterocycles. The summed E-state index contributed by atoms with van der Waals surface area (Å²) < 4.78 is 1.52. The van der Waals surface area contributed by atoms with Crippen molar-refractivity contribution in [1.82, 2.24) is 15.0 Å². The molecule has 0 radical (unpaired) electrons. The standard InChI is InChI=1S/C16H17N5O2/c1-10-7-8-13(19-11-5-3-2-4-6-11)14-18-9-12(15(22)20-17)16(23)21(10)14/h2-6,8-10,19H,7,17H2,1H3,(H,20,22). The maximum absolute atomic E-state index is 12.6. The van der Waals surface area contributed by atoms with E-state index in [-0.39, 0.29) is 11.6 Å². The molecule has 0 saturated carbocycles. The Kier molecular flexibility index (Phi) is 3.94. The molecular weight excluding hydrogens is 294 g/mol. The first-order valence-electron chi connectivity index (χ1n) is 7.27. The van der Waals surface area contributed by atoms with Gasteiger partial charge in [-0.25, -0.2) is 10.8 Å². The highest BCUT2D eigenvalue weighted by molar-refractivity contribution is 5.93. The van der Waals surface area contributed by atoms with E-state index in [9.17, 15) is 9.59 Å². The molecule has 1 aromatic carbocycles. The van der Waals surface area contributed by atoms with Gasteiger partial charge in [-0.2, -0.15) is 0 Å². The van der Waals surface area contributed by atoms with Crippen molar-refractivity contribution in [3.8, 4) is 0 Å². The topological polar surface area (TPSA) is 102 Å². The van der Waals surface area contributed by atoms with Gasteiger partial charge in [-0.3, -0.25) is 19.6 Å². The lowest BCUT2D eigenvalue weighted by atomic mass is 10.1. The monoisotopic (exact) mass is 311 g/mol. The Morgan fingerprint density at radius 2 is 2.09 bits per heavy atom. The summed E-state index contributed by atoms with van der Waals surface area (Å²) in [7, 11) is 0. The third-order valence-corrected chi connectivity index (χ3v) is 3.77. The zero-order valence-electron chi connectivity index (χ0n) is 12.6. The highest BCUT2D eigenvalue weighted by atomic mass is 16.2. The van der Waals surface area contributed by atoms with Crippen molar-refractivity contribution in [1.29, 1.82) is 0 Å². The van der Waals surface area contributed by atoms with Crippen LogP contribution in [0.25, 0.3) is 5.70 Å². The molecule has 0 saturated heterocycles. The molecule has 1 amide bonds. The average molecular weight is 311 g/mol. The van der Waals surface area contributed by atoms with Crippen LogP contribution in [0.2, 0.25) is 0 Å². The van der Waals surface area contributed by atoms with Gasteiger partial charge in [-0.15, -0.1) is 0 Å². The number of rotatable bonds is 3. The number of hydrogen-bond acceptors (Lipinski definition) is 5. The predicted molar refractivity (Wildman–Crippen MR) is 87.5 cm³/mol. The summed E-state index contributed by atoms with van der Waals surface area (Å²) in [5.74, 6) is 4.98. The molecular formula is C16H17N5O2. The van der Waals surface area contributed by atoms with E-state index in [1.165, 1.54) is 10.8 Å². The van der Waals surface area contributed by atoms with Crippen LogP contribution in [0.5, 0.6) is 0 Å². The fourth-order valence-electron chi connectivity index (χ4n) is 2.58. The summed E-state index contributed by atoms with van der Waals surface area (Å²) in [4.78, 5) is 28.5. The molecule has 4 N–H and O–H groups in total. The van der Waals surface area contributed by atoms with Crippen LogP contribution < -0.4 is 22.1 Å². The summed E-state index contributed by atoms with van der Waals surface area (Å²) >= 11 is 0. The molecule has 1 aliphatic heterocycles. The van der Waals surface area contributed by atoms with Crippen molar-refractivity contribution < 1.29 is 4.79 Å². The van der Waals surface area contributed by atoms with Crippen LogP contribution >= 0.6 is 0 Å². The second-order valence-electron chi connectivity index (χ2n) is 5.34. The summed E-state index contributed by atoms with van der Waals surface area (Å²) in [6.45, 7) is 1.91. The van der Waals surface area contributed by atoms with Crippen LogP contribution in [0, 0.1) is 0 Å². The van der Waals surface area contributed by atoms with Gasteiger partial charge in [0, 0.05) is 17.9 Å². The van der Waals surface area contributed by atoms with Gasteiger partial charge in [-0.05, 0) is 25.5 Å². The molecule has 7 nitrogen and oxygen atoms in total. The minimum absolute atomic E-state index is 0.0657. The lowest BCUT2D eigenvalue weighted by Gasteiger charge is -2.25. The average Bonchev–Trinajstić information content (AvgIpc) is 2.57. The van der Waals surface area contributed by atoms with Gasteiger partial charge in [0.25, 0.3) is 11.5 Å². The molecule has 23 heavy (non-hydrogen) atoms.